The van der Waals surface area contributed by atoms with Crippen LogP contribution in [0.5, 0.6) is 0 Å². The van der Waals surface area contributed by atoms with Crippen molar-refractivity contribution in [1.82, 2.24) is 0 Å². The van der Waals surface area contributed by atoms with Gasteiger partial charge in [-0.3, -0.25) is 13.6 Å². The van der Waals surface area contributed by atoms with Gasteiger partial charge in [0, 0.05) is 6.42 Å². The average molecular weight is 671 g/mol. The van der Waals surface area contributed by atoms with E-state index in [2.05, 4.69) is 6.58 Å². The molecule has 0 bridgehead atoms. The summed E-state index contributed by atoms with van der Waals surface area (Å²) in [6, 6.07) is 3.52. The first-order valence-electron chi connectivity index (χ1n) is 13.6. The molecule has 0 saturated carbocycles. The normalized spacial score (nSPS) is 33.4. The van der Waals surface area contributed by atoms with Crippen molar-refractivity contribution in [2.24, 2.45) is 0 Å². The van der Waals surface area contributed by atoms with Gasteiger partial charge in [0.25, 0.3) is 5.79 Å². The molecule has 0 radical (unpaired) electrons. The minimum absolute atomic E-state index is 0.278. The monoisotopic (exact) mass is 670 g/mol. The molecular formula is C25H39N2O17P. The van der Waals surface area contributed by atoms with E-state index in [1.54, 1.807) is 12.1 Å². The number of nitriles is 2. The minimum atomic E-state index is -4.77. The van der Waals surface area contributed by atoms with Gasteiger partial charge in [-0.2, -0.15) is 10.5 Å². The molecule has 45 heavy (non-hydrogen) atoms. The molecule has 2 aliphatic rings. The third-order valence-corrected chi connectivity index (χ3v) is 8.17. The number of methoxy groups -OCH3 is 1. The number of aliphatic hydroxyl groups is 7. The van der Waals surface area contributed by atoms with Crippen molar-refractivity contribution in [2.75, 3.05) is 40.1 Å². The minimum Gasteiger partial charge on any atom is -0.465 e. The maximum absolute atomic E-state index is 13.7. The molecule has 2 rings (SSSR count). The van der Waals surface area contributed by atoms with Crippen molar-refractivity contribution in [3.05, 3.63) is 12.7 Å². The van der Waals surface area contributed by atoms with Crippen LogP contribution in [0.1, 0.15) is 19.3 Å². The summed E-state index contributed by atoms with van der Waals surface area (Å²) in [5.41, 5.74) is 0. The lowest BCUT2D eigenvalue weighted by molar-refractivity contribution is -0.367. The zero-order valence-electron chi connectivity index (χ0n) is 24.3. The van der Waals surface area contributed by atoms with Crippen LogP contribution >= 0.6 is 7.82 Å². The van der Waals surface area contributed by atoms with Crippen LogP contribution in [0.2, 0.25) is 0 Å². The largest absolute Gasteiger partial charge is 0.475 e. The molecule has 0 amide bonds. The zero-order chi connectivity index (χ0) is 33.8. The molecule has 0 spiro atoms. The number of hydrogen-bond acceptors (Lipinski definition) is 19. The number of esters is 1. The van der Waals surface area contributed by atoms with E-state index in [0.29, 0.717) is 0 Å². The molecule has 7 N–H and O–H groups in total. The average Bonchev–Trinajstić information content (AvgIpc) is 3.03. The Bertz CT molecular complexity index is 1060. The van der Waals surface area contributed by atoms with Crippen LogP contribution in [0.3, 0.4) is 0 Å². The number of ether oxygens (including phenoxy) is 5. The van der Waals surface area contributed by atoms with Crippen molar-refractivity contribution in [2.45, 2.75) is 86.3 Å². The number of rotatable bonds is 18. The van der Waals surface area contributed by atoms with Crippen LogP contribution in [0, 0.1) is 22.7 Å². The second-order valence-corrected chi connectivity index (χ2v) is 11.4. The molecule has 0 aromatic rings. The summed E-state index contributed by atoms with van der Waals surface area (Å²) in [4.78, 5) is 13.0. The Hall–Kier alpha value is -2.14. The van der Waals surface area contributed by atoms with Crippen LogP contribution in [0.25, 0.3) is 0 Å². The fraction of sp³-hybridized carbons (Fsp3) is 0.800. The molecule has 19 nitrogen and oxygen atoms in total. The number of carbonyl (C=O) groups is 1. The Balaban J connectivity index is 2.64. The van der Waals surface area contributed by atoms with Gasteiger partial charge in [0.2, 0.25) is 0 Å². The first-order chi connectivity index (χ1) is 21.4. The Kier molecular flexibility index (Phi) is 15.8. The smallest absolute Gasteiger partial charge is 0.465 e. The van der Waals surface area contributed by atoms with Gasteiger partial charge in [-0.05, 0) is 0 Å². The maximum Gasteiger partial charge on any atom is 0.475 e. The van der Waals surface area contributed by atoms with Crippen molar-refractivity contribution in [3.8, 4) is 12.1 Å². The second-order valence-electron chi connectivity index (χ2n) is 9.75. The molecule has 0 aromatic heterocycles. The van der Waals surface area contributed by atoms with Crippen LogP contribution in [0.15, 0.2) is 12.7 Å². The van der Waals surface area contributed by atoms with Gasteiger partial charge in [-0.15, -0.1) is 6.58 Å². The molecule has 11 atom stereocenters. The predicted octanol–water partition coefficient (Wildman–Crippen LogP) is -2.90. The Morgan fingerprint density at radius 3 is 2.13 bits per heavy atom. The van der Waals surface area contributed by atoms with E-state index in [4.69, 9.17) is 47.8 Å². The number of carbonyl (C=O) groups excluding carboxylic acids is 1. The lowest BCUT2D eigenvalue weighted by Gasteiger charge is -2.49. The highest BCUT2D eigenvalue weighted by molar-refractivity contribution is 7.48. The molecule has 0 unspecified atom stereocenters. The first-order valence-corrected chi connectivity index (χ1v) is 15.1. The fourth-order valence-corrected chi connectivity index (χ4v) is 5.81. The predicted molar refractivity (Wildman–Crippen MR) is 143 cm³/mol. The molecule has 2 fully saturated rings. The van der Waals surface area contributed by atoms with Gasteiger partial charge in [0.05, 0.1) is 65.1 Å². The van der Waals surface area contributed by atoms with Crippen molar-refractivity contribution in [3.63, 3.8) is 0 Å². The number of hydrogen-bond donors (Lipinski definition) is 7. The van der Waals surface area contributed by atoms with E-state index >= 15 is 0 Å². The number of phosphoric acid groups is 1. The van der Waals surface area contributed by atoms with Gasteiger partial charge in [0.15, 0.2) is 6.29 Å². The number of phosphoric ester groups is 1. The number of aliphatic hydroxyl groups excluding tert-OH is 7. The Morgan fingerprint density at radius 1 is 1.04 bits per heavy atom. The second kappa shape index (κ2) is 18.3. The van der Waals surface area contributed by atoms with Crippen LogP contribution in [-0.2, 0) is 46.6 Å². The van der Waals surface area contributed by atoms with E-state index in [9.17, 15) is 45.1 Å². The molecule has 2 aliphatic heterocycles. The maximum atomic E-state index is 13.7. The van der Waals surface area contributed by atoms with E-state index in [0.717, 1.165) is 7.11 Å². The summed E-state index contributed by atoms with van der Waals surface area (Å²) in [6.07, 6.45) is -18.9. The molecule has 20 heteroatoms. The van der Waals surface area contributed by atoms with E-state index in [1.165, 1.54) is 6.08 Å². The van der Waals surface area contributed by atoms with Gasteiger partial charge >= 0.3 is 13.8 Å². The van der Waals surface area contributed by atoms with Crippen LogP contribution in [-0.4, -0.2) is 149 Å². The highest BCUT2D eigenvalue weighted by Gasteiger charge is 2.59. The lowest BCUT2D eigenvalue weighted by atomic mass is 9.91. The van der Waals surface area contributed by atoms with Gasteiger partial charge < -0.3 is 59.4 Å². The van der Waals surface area contributed by atoms with Crippen molar-refractivity contribution >= 4 is 13.8 Å². The van der Waals surface area contributed by atoms with Crippen LogP contribution < -0.4 is 0 Å². The third-order valence-electron chi connectivity index (χ3n) is 6.64. The van der Waals surface area contributed by atoms with Crippen molar-refractivity contribution < 1.29 is 82.4 Å². The highest BCUT2D eigenvalue weighted by Crippen LogP contribution is 2.54. The van der Waals surface area contributed by atoms with Gasteiger partial charge in [-0.25, -0.2) is 9.36 Å². The Labute approximate surface area is 258 Å². The quantitative estimate of drug-likeness (QED) is 0.0333. The standard InChI is InChI=1S/C25H39N2O17P/c1-3-8-38-25(24(35)37-2)11-16(44-45(36,39-9-4-6-26)40-10-5-7-27)22(21(43-25)15(31)13-29)42-23-19(34)17(32)18(33)20(41-23)14(30)12-28/h3,14-23,28-34H,1,4-5,8-13H2,2H3/t14-,15+,16+,17-,18-,19-,20+,21+,22+,23+,25+/m0/s1. The van der Waals surface area contributed by atoms with Gasteiger partial charge in [0.1, 0.15) is 54.9 Å². The molecule has 0 aromatic carbocycles. The zero-order valence-corrected chi connectivity index (χ0v) is 25.2. The molecule has 0 aliphatic carbocycles. The first kappa shape index (κ1) is 39.0. The third kappa shape index (κ3) is 9.92. The van der Waals surface area contributed by atoms with Gasteiger partial charge in [-0.1, -0.05) is 6.08 Å². The summed E-state index contributed by atoms with van der Waals surface area (Å²) in [7, 11) is -3.79. The molecular weight excluding hydrogens is 631 g/mol. The number of nitrogens with zero attached hydrogens (tertiary/aromatic N) is 2. The fourth-order valence-electron chi connectivity index (χ4n) is 4.46. The van der Waals surface area contributed by atoms with E-state index in [-0.39, 0.29) is 19.4 Å². The summed E-state index contributed by atoms with van der Waals surface area (Å²) >= 11 is 0. The Morgan fingerprint density at radius 2 is 1.62 bits per heavy atom. The summed E-state index contributed by atoms with van der Waals surface area (Å²) < 4.78 is 57.3. The van der Waals surface area contributed by atoms with Crippen LogP contribution in [0.4, 0.5) is 0 Å². The van der Waals surface area contributed by atoms with E-state index in [1.807, 2.05) is 0 Å². The summed E-state index contributed by atoms with van der Waals surface area (Å²) in [5.74, 6) is -3.63. The molecule has 2 saturated heterocycles. The summed E-state index contributed by atoms with van der Waals surface area (Å²) in [6.45, 7) is 0.205. The topological polar surface area (TPSA) is 297 Å². The SMILES string of the molecule is C=CCO[C@]1(C(=O)OC)C[C@@H](OP(=O)(OCCC#N)OCCC#N)[C@@H](O[C@H]2O[C@H]([C@@H](O)CO)[C@@H](O)[C@H](O)[C@@H]2O)[C@@H]([C@H](O)CO)O1. The molecule has 256 valence electrons. The highest BCUT2D eigenvalue weighted by atomic mass is 31.2. The lowest BCUT2D eigenvalue weighted by Crippen LogP contribution is -2.67. The van der Waals surface area contributed by atoms with Crippen molar-refractivity contribution in [1.29, 1.82) is 10.5 Å². The van der Waals surface area contributed by atoms with E-state index < -0.39 is 114 Å². The summed E-state index contributed by atoms with van der Waals surface area (Å²) in [5, 5.41) is 89.3. The molecule has 2 heterocycles.